The van der Waals surface area contributed by atoms with Gasteiger partial charge >= 0.3 is 11.9 Å². The number of halogens is 4. The summed E-state index contributed by atoms with van der Waals surface area (Å²) in [6, 6.07) is 1.79. The predicted octanol–water partition coefficient (Wildman–Crippen LogP) is 1.33. The third-order valence-corrected chi connectivity index (χ3v) is 5.26. The highest BCUT2D eigenvalue weighted by atomic mass is 19.4. The minimum atomic E-state index is -4.85. The van der Waals surface area contributed by atoms with E-state index in [1.54, 1.807) is 0 Å². The maximum absolute atomic E-state index is 13.5. The summed E-state index contributed by atoms with van der Waals surface area (Å²) < 4.78 is 54.5. The van der Waals surface area contributed by atoms with Crippen LogP contribution >= 0.6 is 0 Å². The number of rotatable bonds is 3. The summed E-state index contributed by atoms with van der Waals surface area (Å²) in [4.78, 5) is 26.9. The molecule has 7 nitrogen and oxygen atoms in total. The number of aliphatic hydroxyl groups excluding tert-OH is 1. The van der Waals surface area contributed by atoms with Crippen molar-refractivity contribution in [1.29, 1.82) is 0 Å². The van der Waals surface area contributed by atoms with Crippen LogP contribution in [0.1, 0.15) is 35.8 Å². The maximum Gasteiger partial charge on any atom is 0.419 e. The SMILES string of the molecule is O=C([C@@H]1CCCc2nn(Cc3ccc(F)c(C(F)(F)F)c3)c(=O)n21)N1CC(O)C1. The Labute approximate surface area is 162 Å². The van der Waals surface area contributed by atoms with E-state index < -0.39 is 35.4 Å². The molecule has 1 N–H and O–H groups in total. The molecule has 1 amide bonds. The molecule has 0 bridgehead atoms. The number of carbonyl (C=O) groups excluding carboxylic acids is 1. The number of benzene rings is 1. The molecular weight excluding hydrogens is 396 g/mol. The summed E-state index contributed by atoms with van der Waals surface area (Å²) in [6.45, 7) is 0.151. The second-order valence-electron chi connectivity index (χ2n) is 7.34. The number of β-amino-alcohol motifs (C(OH)–C–C–N with tert-alkyl or cyclic N) is 1. The van der Waals surface area contributed by atoms with Crippen molar-refractivity contribution in [2.24, 2.45) is 0 Å². The van der Waals surface area contributed by atoms with Crippen LogP contribution in [0.2, 0.25) is 0 Å². The summed E-state index contributed by atoms with van der Waals surface area (Å²) in [5.41, 5.74) is -1.93. The predicted molar refractivity (Wildman–Crippen MR) is 91.6 cm³/mol. The summed E-state index contributed by atoms with van der Waals surface area (Å²) in [7, 11) is 0. The van der Waals surface area contributed by atoms with E-state index in [9.17, 15) is 32.3 Å². The highest BCUT2D eigenvalue weighted by Crippen LogP contribution is 2.32. The largest absolute Gasteiger partial charge is 0.419 e. The van der Waals surface area contributed by atoms with Gasteiger partial charge in [-0.3, -0.25) is 9.36 Å². The zero-order valence-electron chi connectivity index (χ0n) is 15.2. The molecule has 0 radical (unpaired) electrons. The van der Waals surface area contributed by atoms with Crippen molar-refractivity contribution < 1.29 is 27.5 Å². The molecule has 0 saturated carbocycles. The van der Waals surface area contributed by atoms with Crippen molar-refractivity contribution in [3.05, 3.63) is 51.5 Å². The van der Waals surface area contributed by atoms with E-state index >= 15 is 0 Å². The first-order valence-electron chi connectivity index (χ1n) is 9.16. The van der Waals surface area contributed by atoms with Crippen LogP contribution in [0.3, 0.4) is 0 Å². The Bertz CT molecular complexity index is 1010. The van der Waals surface area contributed by atoms with Gasteiger partial charge in [-0.15, -0.1) is 0 Å². The lowest BCUT2D eigenvalue weighted by atomic mass is 10.0. The summed E-state index contributed by atoms with van der Waals surface area (Å²) >= 11 is 0. The fraction of sp³-hybridized carbons (Fsp3) is 0.500. The number of carbonyl (C=O) groups is 1. The van der Waals surface area contributed by atoms with Gasteiger partial charge in [-0.25, -0.2) is 13.9 Å². The van der Waals surface area contributed by atoms with Crippen LogP contribution in [-0.4, -0.2) is 49.5 Å². The fourth-order valence-electron chi connectivity index (χ4n) is 3.78. The van der Waals surface area contributed by atoms with E-state index in [0.29, 0.717) is 37.2 Å². The Morgan fingerprint density at radius 2 is 2.00 bits per heavy atom. The van der Waals surface area contributed by atoms with E-state index in [2.05, 4.69) is 5.10 Å². The van der Waals surface area contributed by atoms with Gasteiger partial charge in [0.25, 0.3) is 0 Å². The van der Waals surface area contributed by atoms with E-state index in [4.69, 9.17) is 0 Å². The molecule has 29 heavy (non-hydrogen) atoms. The van der Waals surface area contributed by atoms with Crippen LogP contribution in [0.25, 0.3) is 0 Å². The van der Waals surface area contributed by atoms with E-state index in [1.165, 1.54) is 15.5 Å². The first-order valence-corrected chi connectivity index (χ1v) is 9.16. The number of hydrogen-bond donors (Lipinski definition) is 1. The monoisotopic (exact) mass is 414 g/mol. The summed E-state index contributed by atoms with van der Waals surface area (Å²) in [5, 5.41) is 13.6. The molecule has 1 aromatic carbocycles. The maximum atomic E-state index is 13.5. The van der Waals surface area contributed by atoms with Gasteiger partial charge in [0.2, 0.25) is 5.91 Å². The Hall–Kier alpha value is -2.69. The normalized spacial score (nSPS) is 19.8. The molecule has 2 aliphatic rings. The number of aromatic nitrogens is 3. The number of fused-ring (bicyclic) bond motifs is 1. The molecule has 0 aliphatic carbocycles. The van der Waals surface area contributed by atoms with Crippen LogP contribution in [0.4, 0.5) is 17.6 Å². The zero-order chi connectivity index (χ0) is 20.9. The second-order valence-corrected chi connectivity index (χ2v) is 7.34. The standard InChI is InChI=1S/C18H18F4N4O3/c19-13-5-4-10(6-12(13)18(20,21)22)7-25-17(29)26-14(2-1-3-15(26)23-25)16(28)24-8-11(27)9-24/h4-6,11,14,27H,1-3,7-9H2/t14-/m0/s1. The van der Waals surface area contributed by atoms with Crippen LogP contribution in [0.5, 0.6) is 0 Å². The minimum absolute atomic E-state index is 0.0741. The minimum Gasteiger partial charge on any atom is -0.389 e. The Kier molecular flexibility index (Phi) is 4.72. The highest BCUT2D eigenvalue weighted by Gasteiger charge is 2.38. The van der Waals surface area contributed by atoms with Gasteiger partial charge in [-0.05, 0) is 30.5 Å². The topological polar surface area (TPSA) is 80.4 Å². The van der Waals surface area contributed by atoms with Crippen molar-refractivity contribution in [2.75, 3.05) is 13.1 Å². The van der Waals surface area contributed by atoms with Crippen molar-refractivity contribution >= 4 is 5.91 Å². The molecule has 1 saturated heterocycles. The van der Waals surface area contributed by atoms with Gasteiger partial charge in [-0.1, -0.05) is 6.07 Å². The molecule has 3 heterocycles. The van der Waals surface area contributed by atoms with Crippen LogP contribution in [0.15, 0.2) is 23.0 Å². The number of hydrogen-bond acceptors (Lipinski definition) is 4. The first-order chi connectivity index (χ1) is 13.6. The smallest absolute Gasteiger partial charge is 0.389 e. The number of nitrogens with zero attached hydrogens (tertiary/aromatic N) is 4. The van der Waals surface area contributed by atoms with Crippen LogP contribution in [-0.2, 0) is 23.9 Å². The molecule has 0 spiro atoms. The number of aliphatic hydroxyl groups is 1. The number of aryl methyl sites for hydroxylation is 1. The molecule has 1 aromatic heterocycles. The Morgan fingerprint density at radius 3 is 2.66 bits per heavy atom. The highest BCUT2D eigenvalue weighted by molar-refractivity contribution is 5.81. The molecule has 11 heteroatoms. The molecule has 1 atom stereocenters. The van der Waals surface area contributed by atoms with Crippen molar-refractivity contribution in [3.8, 4) is 0 Å². The van der Waals surface area contributed by atoms with Gasteiger partial charge in [0.1, 0.15) is 17.7 Å². The molecule has 2 aromatic rings. The third kappa shape index (κ3) is 3.54. The van der Waals surface area contributed by atoms with Crippen LogP contribution in [0, 0.1) is 5.82 Å². The lowest BCUT2D eigenvalue weighted by molar-refractivity contribution is -0.145. The average molecular weight is 414 g/mol. The van der Waals surface area contributed by atoms with Crippen molar-refractivity contribution in [2.45, 2.75) is 44.1 Å². The van der Waals surface area contributed by atoms with E-state index in [1.807, 2.05) is 0 Å². The van der Waals surface area contributed by atoms with Gasteiger partial charge in [-0.2, -0.15) is 18.3 Å². The quantitative estimate of drug-likeness (QED) is 0.769. The third-order valence-electron chi connectivity index (χ3n) is 5.26. The van der Waals surface area contributed by atoms with Gasteiger partial charge in [0.15, 0.2) is 0 Å². The molecule has 156 valence electrons. The van der Waals surface area contributed by atoms with E-state index in [-0.39, 0.29) is 31.1 Å². The molecule has 1 fully saturated rings. The summed E-state index contributed by atoms with van der Waals surface area (Å²) in [5.74, 6) is -1.28. The van der Waals surface area contributed by atoms with E-state index in [0.717, 1.165) is 4.68 Å². The number of likely N-dealkylation sites (tertiary alicyclic amines) is 1. The Balaban J connectivity index is 1.63. The Morgan fingerprint density at radius 1 is 1.28 bits per heavy atom. The molecule has 2 aliphatic heterocycles. The fourth-order valence-corrected chi connectivity index (χ4v) is 3.78. The van der Waals surface area contributed by atoms with Crippen LogP contribution < -0.4 is 5.69 Å². The lowest BCUT2D eigenvalue weighted by Gasteiger charge is -2.39. The zero-order valence-corrected chi connectivity index (χ0v) is 15.2. The van der Waals surface area contributed by atoms with Gasteiger partial charge < -0.3 is 10.0 Å². The molecule has 0 unspecified atom stereocenters. The lowest BCUT2D eigenvalue weighted by Crippen LogP contribution is -2.56. The first kappa shape index (κ1) is 19.6. The molecular formula is C18H18F4N4O3. The molecule has 4 rings (SSSR count). The van der Waals surface area contributed by atoms with Gasteiger partial charge in [0, 0.05) is 19.5 Å². The van der Waals surface area contributed by atoms with Gasteiger partial charge in [0.05, 0.1) is 18.2 Å². The van der Waals surface area contributed by atoms with Crippen molar-refractivity contribution in [1.82, 2.24) is 19.2 Å². The second kappa shape index (κ2) is 6.97. The number of amides is 1. The average Bonchev–Trinajstić information content (AvgIpc) is 2.95. The number of alkyl halides is 3. The van der Waals surface area contributed by atoms with Crippen molar-refractivity contribution in [3.63, 3.8) is 0 Å². The summed E-state index contributed by atoms with van der Waals surface area (Å²) in [6.07, 6.45) is -3.87.